The van der Waals surface area contributed by atoms with Crippen LogP contribution in [-0.2, 0) is 79.5 Å². The first-order valence-electron chi connectivity index (χ1n) is 27.9. The summed E-state index contributed by atoms with van der Waals surface area (Å²) in [5.41, 5.74) is 19.0. The number of primary amides is 4. The number of aromatic nitrogens is 6. The van der Waals surface area contributed by atoms with Crippen molar-refractivity contribution in [3.05, 3.63) is 133 Å². The molecule has 0 unspecified atom stereocenters. The van der Waals surface area contributed by atoms with Crippen molar-refractivity contribution < 1.29 is 138 Å². The molecule has 8 aromatic rings. The van der Waals surface area contributed by atoms with Crippen LogP contribution in [0.1, 0.15) is 25.7 Å². The minimum Gasteiger partial charge on any atom is -0.744 e. The molecule has 8 rings (SSSR count). The van der Waals surface area contributed by atoms with Gasteiger partial charge in [0.1, 0.15) is 20.2 Å². The number of nitrogens with zero attached hydrogens (tertiary/aromatic N) is 6. The van der Waals surface area contributed by atoms with Crippen molar-refractivity contribution in [1.29, 1.82) is 0 Å². The van der Waals surface area contributed by atoms with Crippen molar-refractivity contribution in [3.8, 4) is 11.1 Å². The number of sulfonamides is 4. The average Bonchev–Trinajstić information content (AvgIpc) is 0.768. The van der Waals surface area contributed by atoms with Crippen molar-refractivity contribution in [2.75, 3.05) is 58.1 Å². The molecule has 0 aliphatic carbocycles. The van der Waals surface area contributed by atoms with E-state index in [4.69, 9.17) is 22.9 Å². The van der Waals surface area contributed by atoms with Crippen molar-refractivity contribution in [3.63, 3.8) is 0 Å². The van der Waals surface area contributed by atoms with Crippen LogP contribution in [0.25, 0.3) is 11.1 Å². The number of hydrogen-bond acceptors (Lipinski definition) is 30. The molecule has 100 heavy (non-hydrogen) atoms. The van der Waals surface area contributed by atoms with E-state index < -0.39 is 117 Å². The van der Waals surface area contributed by atoms with E-state index in [0.717, 1.165) is 60.7 Å². The van der Waals surface area contributed by atoms with Gasteiger partial charge in [-0.25, -0.2) is 69.4 Å². The molecule has 2 heterocycles. The second kappa shape index (κ2) is 34.2. The quantitative estimate of drug-likeness (QED) is 0.0130. The third-order valence-corrected chi connectivity index (χ3v) is 20.4. The molecule has 0 aliphatic heterocycles. The molecule has 0 radical (unpaired) electrons. The van der Waals surface area contributed by atoms with E-state index in [1.165, 1.54) is 72.8 Å². The maximum Gasteiger partial charge on any atom is 1.00 e. The summed E-state index contributed by atoms with van der Waals surface area (Å²) in [6, 6.07) is 26.2. The molecular formula is C54H56N20Na2O18S6. The van der Waals surface area contributed by atoms with Crippen LogP contribution in [0.3, 0.4) is 0 Å². The van der Waals surface area contributed by atoms with E-state index in [2.05, 4.69) is 80.7 Å². The van der Waals surface area contributed by atoms with Gasteiger partial charge in [-0.1, -0.05) is 36.4 Å². The van der Waals surface area contributed by atoms with Gasteiger partial charge in [-0.2, -0.15) is 29.9 Å². The van der Waals surface area contributed by atoms with Crippen LogP contribution in [-0.4, -0.2) is 139 Å². The fraction of sp³-hybridized carbons (Fsp3) is 0.148. The van der Waals surface area contributed by atoms with Crippen molar-refractivity contribution in [2.45, 2.75) is 55.1 Å². The molecule has 0 spiro atoms. The summed E-state index contributed by atoms with van der Waals surface area (Å²) in [7, 11) is -28.2. The number of amides is 4. The van der Waals surface area contributed by atoms with Gasteiger partial charge in [0.05, 0.1) is 29.4 Å². The van der Waals surface area contributed by atoms with E-state index in [0.29, 0.717) is 0 Å². The predicted molar refractivity (Wildman–Crippen MR) is 349 cm³/mol. The average molecular weight is 1510 g/mol. The Morgan fingerprint density at radius 2 is 0.510 bits per heavy atom. The van der Waals surface area contributed by atoms with Crippen LogP contribution in [0.15, 0.2) is 163 Å². The van der Waals surface area contributed by atoms with Gasteiger partial charge in [0.25, 0.3) is 0 Å². The summed E-state index contributed by atoms with van der Waals surface area (Å²) < 4.78 is 193. The Balaban J connectivity index is 0.00000787. The first-order valence-corrected chi connectivity index (χ1v) is 36.6. The summed E-state index contributed by atoms with van der Waals surface area (Å²) in [4.78, 5) is 67.6. The number of nitrogens with one attached hydrogen (secondary N) is 10. The van der Waals surface area contributed by atoms with Gasteiger partial charge < -0.3 is 63.9 Å². The number of hydrogen-bond donors (Lipinski definition) is 14. The molecule has 0 fully saturated rings. The molecule has 6 aromatic carbocycles. The Bertz CT molecular complexity index is 4610. The molecule has 2 aromatic heterocycles. The number of benzene rings is 6. The minimum atomic E-state index is -5.65. The fourth-order valence-corrected chi connectivity index (χ4v) is 14.2. The Morgan fingerprint density at radius 3 is 0.700 bits per heavy atom. The van der Waals surface area contributed by atoms with Crippen LogP contribution in [0.4, 0.5) is 69.8 Å². The zero-order valence-electron chi connectivity index (χ0n) is 52.1. The smallest absolute Gasteiger partial charge is 0.744 e. The normalized spacial score (nSPS) is 11.8. The molecule has 18 N–H and O–H groups in total. The molecule has 0 aliphatic rings. The molecule has 0 saturated carbocycles. The molecule has 0 saturated heterocycles. The third-order valence-electron chi connectivity index (χ3n) is 12.8. The zero-order valence-corrected chi connectivity index (χ0v) is 61.0. The first kappa shape index (κ1) is 80.5. The number of carbonyl (C=O) groups is 4. The molecule has 0 atom stereocenters. The summed E-state index contributed by atoms with van der Waals surface area (Å²) >= 11 is 0. The largest absolute Gasteiger partial charge is 1.00 e. The molecule has 0 bridgehead atoms. The van der Waals surface area contributed by atoms with Gasteiger partial charge in [0.15, 0.2) is 0 Å². The van der Waals surface area contributed by atoms with Gasteiger partial charge in [-0.3, -0.25) is 19.2 Å². The van der Waals surface area contributed by atoms with Crippen LogP contribution in [0.2, 0.25) is 0 Å². The van der Waals surface area contributed by atoms with Crippen molar-refractivity contribution >= 4 is 154 Å². The number of nitrogens with two attached hydrogens (primary N) is 4. The molecular weight excluding hydrogens is 1460 g/mol. The maximum absolute atomic E-state index is 13.2. The third kappa shape index (κ3) is 23.3. The summed E-state index contributed by atoms with van der Waals surface area (Å²) in [5, 5.41) is 16.6. The van der Waals surface area contributed by atoms with Gasteiger partial charge in [-0.05, 0) is 97.1 Å². The number of carbonyl (C=O) groups excluding carboxylic acids is 4. The summed E-state index contributed by atoms with van der Waals surface area (Å²) in [6.45, 7) is -1.31. The number of rotatable bonds is 35. The molecule has 518 valence electrons. The SMILES string of the molecule is NC(=O)CCNS(=O)(=O)c1cccc(Nc2nc(Nc3cccc(S(=O)(=O)NCCC(N)=O)c3)nc(Nc3ccc(-c4ccc(Nc5nc(Nc6cccc(S(=O)(=O)NCCC(N)=O)c6)nc(Nc6cccc(S(=O)(=O)NCCC(N)=O)c6)n5)cc4S(=O)(=O)[O-])c(S(=O)(=O)[O-])c3)n2)c1.[Na+].[Na+]. The van der Waals surface area contributed by atoms with Crippen LogP contribution in [0.5, 0.6) is 0 Å². The van der Waals surface area contributed by atoms with E-state index >= 15 is 0 Å². The van der Waals surface area contributed by atoms with Crippen molar-refractivity contribution in [1.82, 2.24) is 48.8 Å². The summed E-state index contributed by atoms with van der Waals surface area (Å²) in [6.07, 6.45) is -1.26. The van der Waals surface area contributed by atoms with Crippen LogP contribution < -0.4 is 133 Å². The Morgan fingerprint density at radius 1 is 0.310 bits per heavy atom. The second-order valence-electron chi connectivity index (χ2n) is 20.3. The van der Waals surface area contributed by atoms with E-state index in [1.54, 1.807) is 0 Å². The van der Waals surface area contributed by atoms with Gasteiger partial charge >= 0.3 is 59.1 Å². The maximum atomic E-state index is 13.2. The van der Waals surface area contributed by atoms with E-state index in [9.17, 15) is 78.8 Å². The zero-order chi connectivity index (χ0) is 71.4. The van der Waals surface area contributed by atoms with Gasteiger partial charge in [0.2, 0.25) is 99.4 Å². The summed E-state index contributed by atoms with van der Waals surface area (Å²) in [5.74, 6) is -5.42. The molecule has 38 nitrogen and oxygen atoms in total. The predicted octanol–water partition coefficient (Wildman–Crippen LogP) is -5.38. The second-order valence-corrected chi connectivity index (χ2v) is 30.0. The van der Waals surface area contributed by atoms with Crippen LogP contribution in [0, 0.1) is 0 Å². The molecule has 4 amide bonds. The van der Waals surface area contributed by atoms with Gasteiger partial charge in [-0.15, -0.1) is 0 Å². The molecule has 46 heteroatoms. The van der Waals surface area contributed by atoms with Crippen molar-refractivity contribution in [2.24, 2.45) is 22.9 Å². The first-order chi connectivity index (χ1) is 46.0. The standard InChI is InChI=1S/C54H58N20O18S6.2Na/c55-45(75)17-21-59-93(79,80)37-9-1-5-31(25-37)63-49-69-50(64-32-6-2-10-38(26-32)94(81,82)60-22-18-46(56)76)72-53(71-49)67-35-13-15-41(43(29-35)97(87,88)89)42-16-14-36(30-44(42)98(90,91)92)68-54-73-51(65-33-7-3-11-39(27-33)95(83,84)61-23-19-47(57)77)70-52(74-54)66-34-8-4-12-40(28-34)96(85,86)62-24-20-48(58)78;;/h1-16,25-30,59-62H,17-24H2,(H2,55,75)(H2,56,76)(H2,57,77)(H2,58,78)(H,87,88,89)(H,90,91,92)(H3,63,64,67,69,71,72)(H3,65,66,68,70,73,74);;/q;2*+1/p-2. The monoisotopic (exact) mass is 1510 g/mol. The Kier molecular flexibility index (Phi) is 27.5. The minimum absolute atomic E-state index is 0. The van der Waals surface area contributed by atoms with E-state index in [1.807, 2.05) is 0 Å². The Labute approximate surface area is 615 Å². The fourth-order valence-electron chi connectivity index (χ4n) is 8.45. The van der Waals surface area contributed by atoms with Gasteiger partial charge in [0, 0.05) is 97.1 Å². The number of anilines is 12. The topological polar surface area (TPSA) is 621 Å². The van der Waals surface area contributed by atoms with E-state index in [-0.39, 0.29) is 188 Å². The Hall–Kier alpha value is -8.52. The van der Waals surface area contributed by atoms with Crippen LogP contribution >= 0.6 is 0 Å².